The van der Waals surface area contributed by atoms with Crippen LogP contribution in [-0.4, -0.2) is 25.8 Å². The number of pyridine rings is 1. The zero-order valence-electron chi connectivity index (χ0n) is 17.6. The first kappa shape index (κ1) is 21.4. The van der Waals surface area contributed by atoms with E-state index in [9.17, 15) is 4.79 Å². The lowest BCUT2D eigenvalue weighted by molar-refractivity contribution is -0.105. The van der Waals surface area contributed by atoms with Gasteiger partial charge in [-0.25, -0.2) is 4.68 Å². The van der Waals surface area contributed by atoms with Gasteiger partial charge in [0.2, 0.25) is 0 Å². The number of hydrogen-bond donors (Lipinski definition) is 2. The Morgan fingerprint density at radius 1 is 1.33 bits per heavy atom. The van der Waals surface area contributed by atoms with Crippen molar-refractivity contribution >= 4 is 38.8 Å². The lowest BCUT2D eigenvalue weighted by Crippen LogP contribution is -2.58. The molecular weight excluding hydrogens is 462 g/mol. The fraction of sp³-hybridized carbons (Fsp3) is 0.545. The van der Waals surface area contributed by atoms with E-state index in [4.69, 9.17) is 12.2 Å². The molecule has 0 spiro atoms. The Hall–Kier alpha value is -1.80. The molecule has 6 nitrogen and oxygen atoms in total. The molecule has 0 saturated heterocycles. The number of anilines is 1. The van der Waals surface area contributed by atoms with E-state index in [1.807, 2.05) is 12.1 Å². The smallest absolute Gasteiger partial charge is 0.283 e. The van der Waals surface area contributed by atoms with Gasteiger partial charge in [-0.3, -0.25) is 9.78 Å². The molecule has 0 unspecified atom stereocenters. The molecule has 4 atom stereocenters. The van der Waals surface area contributed by atoms with E-state index in [0.717, 1.165) is 29.5 Å². The van der Waals surface area contributed by atoms with Crippen LogP contribution in [0.1, 0.15) is 39.2 Å². The van der Waals surface area contributed by atoms with Gasteiger partial charge in [-0.1, -0.05) is 33.0 Å². The highest BCUT2D eigenvalue weighted by atomic mass is 79.9. The summed E-state index contributed by atoms with van der Waals surface area (Å²) in [6.07, 6.45) is 7.69. The summed E-state index contributed by atoms with van der Waals surface area (Å²) in [6.45, 7) is 7.95. The van der Waals surface area contributed by atoms with Crippen molar-refractivity contribution in [1.29, 1.82) is 0 Å². The minimum atomic E-state index is -0.179. The van der Waals surface area contributed by atoms with Gasteiger partial charge >= 0.3 is 0 Å². The van der Waals surface area contributed by atoms with Crippen LogP contribution >= 0.6 is 28.1 Å². The van der Waals surface area contributed by atoms with Gasteiger partial charge in [0.25, 0.3) is 5.56 Å². The molecule has 0 radical (unpaired) electrons. The van der Waals surface area contributed by atoms with Crippen LogP contribution in [0.15, 0.2) is 40.0 Å². The first-order valence-electron chi connectivity index (χ1n) is 10.4. The predicted molar refractivity (Wildman–Crippen MR) is 126 cm³/mol. The number of nitrogens with one attached hydrogen (secondary N) is 2. The largest absolute Gasteiger partial charge is 0.380 e. The summed E-state index contributed by atoms with van der Waals surface area (Å²) < 4.78 is 1.90. The Balaban J connectivity index is 1.39. The van der Waals surface area contributed by atoms with Crippen molar-refractivity contribution in [3.63, 3.8) is 0 Å². The van der Waals surface area contributed by atoms with Crippen LogP contribution in [0.25, 0.3) is 0 Å². The third-order valence-electron chi connectivity index (χ3n) is 7.21. The van der Waals surface area contributed by atoms with Crippen LogP contribution in [0.5, 0.6) is 0 Å². The predicted octanol–water partition coefficient (Wildman–Crippen LogP) is 4.00. The summed E-state index contributed by atoms with van der Waals surface area (Å²) in [7, 11) is 0. The molecule has 160 valence electrons. The second-order valence-corrected chi connectivity index (χ2v) is 10.5. The van der Waals surface area contributed by atoms with E-state index in [2.05, 4.69) is 57.4 Å². The molecule has 3 saturated carbocycles. The van der Waals surface area contributed by atoms with Crippen molar-refractivity contribution in [2.45, 2.75) is 52.7 Å². The van der Waals surface area contributed by atoms with Crippen LogP contribution in [0.2, 0.25) is 0 Å². The van der Waals surface area contributed by atoms with Crippen molar-refractivity contribution in [3.05, 3.63) is 51.1 Å². The van der Waals surface area contributed by atoms with Gasteiger partial charge in [0.15, 0.2) is 0 Å². The average molecular weight is 490 g/mol. The van der Waals surface area contributed by atoms with Crippen molar-refractivity contribution in [1.82, 2.24) is 20.1 Å². The maximum atomic E-state index is 12.8. The van der Waals surface area contributed by atoms with Gasteiger partial charge in [-0.05, 0) is 69.6 Å². The third kappa shape index (κ3) is 4.04. The molecule has 3 aliphatic carbocycles. The fourth-order valence-electron chi connectivity index (χ4n) is 5.11. The van der Waals surface area contributed by atoms with Crippen LogP contribution < -0.4 is 16.2 Å². The second-order valence-electron chi connectivity index (χ2n) is 9.17. The zero-order valence-corrected chi connectivity index (χ0v) is 20.0. The number of rotatable bonds is 6. The monoisotopic (exact) mass is 489 g/mol. The molecule has 2 heterocycles. The SMILES string of the molecule is C[C@H]1[C@H]2C[C@H](C[C@H]1Nc1cnn(CC(=S)NCc3ccncc3)c(=O)c1Br)C2(C)C. The minimum absolute atomic E-state index is 0.179. The third-order valence-corrected chi connectivity index (χ3v) is 8.25. The van der Waals surface area contributed by atoms with Gasteiger partial charge in [0, 0.05) is 25.0 Å². The number of nitrogens with zero attached hydrogens (tertiary/aromatic N) is 3. The Morgan fingerprint density at radius 3 is 2.73 bits per heavy atom. The summed E-state index contributed by atoms with van der Waals surface area (Å²) in [5, 5.41) is 11.1. The molecule has 8 heteroatoms. The maximum absolute atomic E-state index is 12.8. The van der Waals surface area contributed by atoms with E-state index in [1.54, 1.807) is 18.6 Å². The van der Waals surface area contributed by atoms with E-state index in [0.29, 0.717) is 33.4 Å². The van der Waals surface area contributed by atoms with Gasteiger partial charge < -0.3 is 10.6 Å². The number of aromatic nitrogens is 3. The van der Waals surface area contributed by atoms with Crippen LogP contribution in [-0.2, 0) is 13.1 Å². The molecule has 3 fully saturated rings. The lowest BCUT2D eigenvalue weighted by Gasteiger charge is -2.62. The second kappa shape index (κ2) is 8.38. The molecular formula is C22H28BrN5OS. The zero-order chi connectivity index (χ0) is 21.5. The lowest BCUT2D eigenvalue weighted by atomic mass is 9.45. The van der Waals surface area contributed by atoms with E-state index in [-0.39, 0.29) is 12.1 Å². The van der Waals surface area contributed by atoms with Gasteiger partial charge in [-0.2, -0.15) is 5.10 Å². The van der Waals surface area contributed by atoms with E-state index in [1.165, 1.54) is 11.1 Å². The molecule has 0 amide bonds. The number of thiocarbonyl (C=S) groups is 1. The first-order valence-corrected chi connectivity index (χ1v) is 11.6. The van der Waals surface area contributed by atoms with Crippen LogP contribution in [0, 0.1) is 23.2 Å². The average Bonchev–Trinajstić information content (AvgIpc) is 2.73. The summed E-state index contributed by atoms with van der Waals surface area (Å²) in [5.41, 5.74) is 2.11. The number of halogens is 1. The molecule has 2 N–H and O–H groups in total. The maximum Gasteiger partial charge on any atom is 0.283 e. The summed E-state index contributed by atoms with van der Waals surface area (Å²) in [4.78, 5) is 17.4. The van der Waals surface area contributed by atoms with Crippen molar-refractivity contribution in [2.75, 3.05) is 5.32 Å². The molecule has 2 bridgehead atoms. The van der Waals surface area contributed by atoms with E-state index >= 15 is 0 Å². The molecule has 2 aromatic rings. The Morgan fingerprint density at radius 2 is 2.07 bits per heavy atom. The van der Waals surface area contributed by atoms with E-state index < -0.39 is 0 Å². The van der Waals surface area contributed by atoms with Crippen molar-refractivity contribution in [2.24, 2.45) is 23.2 Å². The topological polar surface area (TPSA) is 71.8 Å². The summed E-state index contributed by atoms with van der Waals surface area (Å²) in [6, 6.07) is 4.22. The summed E-state index contributed by atoms with van der Waals surface area (Å²) in [5.74, 6) is 2.07. The normalized spacial score (nSPS) is 26.5. The van der Waals surface area contributed by atoms with Gasteiger partial charge in [0.05, 0.1) is 23.4 Å². The minimum Gasteiger partial charge on any atom is -0.380 e. The fourth-order valence-corrected chi connectivity index (χ4v) is 5.73. The quantitative estimate of drug-likeness (QED) is 0.597. The highest BCUT2D eigenvalue weighted by Gasteiger charge is 2.56. The highest BCUT2D eigenvalue weighted by Crippen LogP contribution is 2.61. The molecule has 30 heavy (non-hydrogen) atoms. The first-order chi connectivity index (χ1) is 14.3. The molecule has 0 aliphatic heterocycles. The molecule has 3 aliphatic rings. The standard InChI is InChI=1S/C22H28BrN5OS/c1-13-16-8-15(22(16,2)3)9-17(13)27-18-11-26-28(21(29)20(18)23)12-19(30)25-10-14-4-6-24-7-5-14/h4-7,11,13,15-17,27H,8-10,12H2,1-3H3,(H,25,30)/t13-,15+,16+,17+/m0/s1. The van der Waals surface area contributed by atoms with Gasteiger partial charge in [0.1, 0.15) is 4.47 Å². The Kier molecular flexibility index (Phi) is 5.99. The van der Waals surface area contributed by atoms with Crippen molar-refractivity contribution in [3.8, 4) is 0 Å². The van der Waals surface area contributed by atoms with Crippen molar-refractivity contribution < 1.29 is 0 Å². The molecule has 0 aromatic carbocycles. The number of hydrogen-bond acceptors (Lipinski definition) is 5. The van der Waals surface area contributed by atoms with Gasteiger partial charge in [-0.15, -0.1) is 0 Å². The molecule has 2 aromatic heterocycles. The Bertz CT molecular complexity index is 993. The highest BCUT2D eigenvalue weighted by molar-refractivity contribution is 9.10. The van der Waals surface area contributed by atoms with Crippen LogP contribution in [0.3, 0.4) is 0 Å². The van der Waals surface area contributed by atoms with Crippen LogP contribution in [0.4, 0.5) is 5.69 Å². The molecule has 5 rings (SSSR count). The Labute approximate surface area is 191 Å². The summed E-state index contributed by atoms with van der Waals surface area (Å²) >= 11 is 8.88. The number of fused-ring (bicyclic) bond motifs is 2.